The summed E-state index contributed by atoms with van der Waals surface area (Å²) in [6.45, 7) is 5.21. The van der Waals surface area contributed by atoms with Crippen molar-refractivity contribution in [2.75, 3.05) is 0 Å². The highest BCUT2D eigenvalue weighted by Crippen LogP contribution is 2.44. The molecule has 1 unspecified atom stereocenters. The van der Waals surface area contributed by atoms with Crippen molar-refractivity contribution in [1.29, 1.82) is 0 Å². The van der Waals surface area contributed by atoms with E-state index < -0.39 is 17.7 Å². The van der Waals surface area contributed by atoms with Gasteiger partial charge in [-0.2, -0.15) is 0 Å². The fraction of sp³-hybridized carbons (Fsp3) is 0.286. The molecule has 1 fully saturated rings. The van der Waals surface area contributed by atoms with Crippen LogP contribution >= 0.6 is 35.1 Å². The van der Waals surface area contributed by atoms with Crippen molar-refractivity contribution in [3.63, 3.8) is 0 Å². The van der Waals surface area contributed by atoms with Gasteiger partial charge in [0.1, 0.15) is 22.7 Å². The number of ether oxygens (including phenoxy) is 1. The van der Waals surface area contributed by atoms with Gasteiger partial charge >= 0.3 is 5.97 Å². The molecule has 0 spiro atoms. The zero-order valence-electron chi connectivity index (χ0n) is 20.5. The second-order valence-corrected chi connectivity index (χ2v) is 11.8. The molecule has 1 N–H and O–H groups in total. The van der Waals surface area contributed by atoms with Crippen LogP contribution in [0.2, 0.25) is 10.2 Å². The normalized spacial score (nSPS) is 14.7. The second kappa shape index (κ2) is 9.95. The van der Waals surface area contributed by atoms with Crippen molar-refractivity contribution < 1.29 is 19.0 Å². The molecule has 2 aromatic carbocycles. The predicted molar refractivity (Wildman–Crippen MR) is 145 cm³/mol. The first-order valence-electron chi connectivity index (χ1n) is 11.9. The highest BCUT2D eigenvalue weighted by Gasteiger charge is 2.31. The van der Waals surface area contributed by atoms with Crippen molar-refractivity contribution in [3.8, 4) is 0 Å². The number of hydrogen-bond donors (Lipinski definition) is 1. The van der Waals surface area contributed by atoms with Gasteiger partial charge in [0.25, 0.3) is 0 Å². The third-order valence-electron chi connectivity index (χ3n) is 6.04. The van der Waals surface area contributed by atoms with Gasteiger partial charge in [0, 0.05) is 22.0 Å². The van der Waals surface area contributed by atoms with E-state index in [4.69, 9.17) is 27.9 Å². The number of pyridine rings is 1. The number of hydrogen-bond acceptors (Lipinski definition) is 5. The fourth-order valence-corrected chi connectivity index (χ4v) is 5.76. The minimum absolute atomic E-state index is 0.0179. The number of esters is 1. The van der Waals surface area contributed by atoms with Crippen molar-refractivity contribution in [2.24, 2.45) is 0 Å². The number of halogens is 3. The first-order chi connectivity index (χ1) is 17.5. The van der Waals surface area contributed by atoms with Gasteiger partial charge in [0.05, 0.1) is 21.8 Å². The summed E-state index contributed by atoms with van der Waals surface area (Å²) in [4.78, 5) is 17.8. The third-order valence-corrected chi connectivity index (χ3v) is 7.82. The van der Waals surface area contributed by atoms with Crippen molar-refractivity contribution in [3.05, 3.63) is 93.1 Å². The molecule has 5 rings (SSSR count). The number of aliphatic hydroxyl groups is 1. The van der Waals surface area contributed by atoms with Gasteiger partial charge in [0.2, 0.25) is 0 Å². The van der Waals surface area contributed by atoms with Crippen LogP contribution in [0.15, 0.2) is 59.6 Å². The molecular weight excluding hydrogens is 534 g/mol. The maximum absolute atomic E-state index is 15.3. The number of fused-ring (bicyclic) bond motifs is 1. The molecule has 0 bridgehead atoms. The standard InChI is InChI=1S/C28H25Cl2FN2O3S/c1-28(2,3)36-27(35)19-14-32-26(30)23(24(19)29)25(34)22-13-18-20(31)11-16(15-9-10-15)12-21(18)33(22)37-17-7-5-4-6-8-17/h4-8,11-15,25,34H,9-10H2,1-3H3. The Morgan fingerprint density at radius 3 is 2.54 bits per heavy atom. The van der Waals surface area contributed by atoms with Gasteiger partial charge in [-0.25, -0.2) is 14.2 Å². The Labute approximate surface area is 228 Å². The summed E-state index contributed by atoms with van der Waals surface area (Å²) >= 11 is 14.4. The highest BCUT2D eigenvalue weighted by molar-refractivity contribution is 7.98. The summed E-state index contributed by atoms with van der Waals surface area (Å²) in [5, 5.41) is 11.9. The van der Waals surface area contributed by atoms with Gasteiger partial charge in [-0.3, -0.25) is 3.97 Å². The first-order valence-corrected chi connectivity index (χ1v) is 13.4. The number of nitrogens with zero attached hydrogens (tertiary/aromatic N) is 2. The number of benzene rings is 2. The Morgan fingerprint density at radius 1 is 1.19 bits per heavy atom. The van der Waals surface area contributed by atoms with Gasteiger partial charge < -0.3 is 9.84 Å². The Kier molecular flexibility index (Phi) is 7.00. The molecule has 1 saturated carbocycles. The number of aromatic nitrogens is 2. The van der Waals surface area contributed by atoms with Crippen molar-refractivity contribution >= 4 is 52.0 Å². The van der Waals surface area contributed by atoms with Crippen LogP contribution in [0.5, 0.6) is 0 Å². The molecule has 2 aromatic heterocycles. The lowest BCUT2D eigenvalue weighted by atomic mass is 10.1. The van der Waals surface area contributed by atoms with E-state index in [1.54, 1.807) is 36.9 Å². The van der Waals surface area contributed by atoms with Gasteiger partial charge in [0.15, 0.2) is 0 Å². The molecule has 1 aliphatic carbocycles. The topological polar surface area (TPSA) is 64.3 Å². The minimum atomic E-state index is -1.40. The van der Waals surface area contributed by atoms with Gasteiger partial charge in [-0.1, -0.05) is 41.4 Å². The largest absolute Gasteiger partial charge is 0.456 e. The summed E-state index contributed by atoms with van der Waals surface area (Å²) in [7, 11) is 0. The predicted octanol–water partition coefficient (Wildman–Crippen LogP) is 7.95. The van der Waals surface area contributed by atoms with Crippen molar-refractivity contribution in [1.82, 2.24) is 8.96 Å². The summed E-state index contributed by atoms with van der Waals surface area (Å²) in [5.74, 6) is -0.705. The Bertz CT molecular complexity index is 1500. The molecular formula is C28H25Cl2FN2O3S. The van der Waals surface area contributed by atoms with E-state index in [1.165, 1.54) is 18.1 Å². The molecule has 5 nitrogen and oxygen atoms in total. The molecule has 1 atom stereocenters. The molecule has 0 radical (unpaired) electrons. The number of carbonyl (C=O) groups is 1. The minimum Gasteiger partial charge on any atom is -0.456 e. The van der Waals surface area contributed by atoms with Crippen molar-refractivity contribution in [2.45, 2.75) is 56.1 Å². The molecule has 0 saturated heterocycles. The zero-order valence-corrected chi connectivity index (χ0v) is 22.8. The Morgan fingerprint density at radius 2 is 1.89 bits per heavy atom. The molecule has 9 heteroatoms. The molecule has 4 aromatic rings. The van der Waals surface area contributed by atoms with Crippen LogP contribution in [0, 0.1) is 5.82 Å². The van der Waals surface area contributed by atoms with E-state index in [2.05, 4.69) is 4.98 Å². The monoisotopic (exact) mass is 558 g/mol. The maximum atomic E-state index is 15.3. The number of aliphatic hydroxyl groups excluding tert-OH is 1. The van der Waals surface area contributed by atoms with Crippen LogP contribution in [-0.2, 0) is 4.74 Å². The van der Waals surface area contributed by atoms with Crippen LogP contribution in [0.25, 0.3) is 10.9 Å². The van der Waals surface area contributed by atoms with E-state index >= 15 is 4.39 Å². The van der Waals surface area contributed by atoms with E-state index in [0.717, 1.165) is 23.3 Å². The lowest BCUT2D eigenvalue weighted by Crippen LogP contribution is -2.24. The number of carbonyl (C=O) groups excluding carboxylic acids is 1. The summed E-state index contributed by atoms with van der Waals surface area (Å²) < 4.78 is 22.5. The van der Waals surface area contributed by atoms with Gasteiger partial charge in [-0.05, 0) is 87.4 Å². The van der Waals surface area contributed by atoms with Crippen LogP contribution < -0.4 is 0 Å². The average molecular weight is 559 g/mol. The Hall–Kier alpha value is -2.58. The maximum Gasteiger partial charge on any atom is 0.341 e. The fourth-order valence-electron chi connectivity index (χ4n) is 4.15. The summed E-state index contributed by atoms with van der Waals surface area (Å²) in [5.41, 5.74) is 1.19. The quantitative estimate of drug-likeness (QED) is 0.192. The van der Waals surface area contributed by atoms with Crippen LogP contribution in [-0.4, -0.2) is 25.6 Å². The van der Waals surface area contributed by atoms with Gasteiger partial charge in [-0.15, -0.1) is 0 Å². The molecule has 1 aliphatic rings. The molecule has 192 valence electrons. The third kappa shape index (κ3) is 5.36. The first kappa shape index (κ1) is 26.0. The molecule has 0 amide bonds. The van der Waals surface area contributed by atoms with E-state index in [1.807, 2.05) is 36.4 Å². The van der Waals surface area contributed by atoms with E-state index in [-0.39, 0.29) is 27.1 Å². The Balaban J connectivity index is 1.66. The summed E-state index contributed by atoms with van der Waals surface area (Å²) in [6.07, 6.45) is 1.88. The highest BCUT2D eigenvalue weighted by atomic mass is 35.5. The second-order valence-electron chi connectivity index (χ2n) is 10.1. The summed E-state index contributed by atoms with van der Waals surface area (Å²) in [6, 6.07) is 14.7. The van der Waals surface area contributed by atoms with E-state index in [9.17, 15) is 9.90 Å². The van der Waals surface area contributed by atoms with Crippen LogP contribution in [0.3, 0.4) is 0 Å². The lowest BCUT2D eigenvalue weighted by Gasteiger charge is -2.21. The average Bonchev–Trinajstić information content (AvgIpc) is 3.61. The van der Waals surface area contributed by atoms with E-state index in [0.29, 0.717) is 22.5 Å². The smallest absolute Gasteiger partial charge is 0.341 e. The lowest BCUT2D eigenvalue weighted by molar-refractivity contribution is 0.00690. The van der Waals surface area contributed by atoms with Crippen LogP contribution in [0.1, 0.15) is 72.8 Å². The SMILES string of the molecule is CC(C)(C)OC(=O)c1cnc(Cl)c(C(O)c2cc3c(F)cc(C4CC4)cc3n2Sc2ccccc2)c1Cl. The number of rotatable bonds is 6. The van der Waals surface area contributed by atoms with Crippen LogP contribution in [0.4, 0.5) is 4.39 Å². The zero-order chi connectivity index (χ0) is 26.5. The molecule has 0 aliphatic heterocycles. The molecule has 2 heterocycles. The molecule has 37 heavy (non-hydrogen) atoms.